The Bertz CT molecular complexity index is 1380. The summed E-state index contributed by atoms with van der Waals surface area (Å²) in [6.45, 7) is 10.8. The average molecular weight is 571 g/mol. The number of phenols is 1. The van der Waals surface area contributed by atoms with Crippen LogP contribution in [0.4, 0.5) is 0 Å². The highest BCUT2D eigenvalue weighted by Crippen LogP contribution is 2.66. The lowest BCUT2D eigenvalue weighted by atomic mass is 9.37. The summed E-state index contributed by atoms with van der Waals surface area (Å²) in [4.78, 5) is 80.7. The number of ketones is 5. The van der Waals surface area contributed by atoms with E-state index in [4.69, 9.17) is 4.74 Å². The van der Waals surface area contributed by atoms with E-state index in [9.17, 15) is 44.1 Å². The molecule has 10 heteroatoms. The monoisotopic (exact) mass is 570 g/mol. The summed E-state index contributed by atoms with van der Waals surface area (Å²) >= 11 is 0. The van der Waals surface area contributed by atoms with Crippen LogP contribution < -0.4 is 0 Å². The number of phenolic OH excluding ortho intramolecular Hbond substituents is 1. The van der Waals surface area contributed by atoms with Crippen molar-refractivity contribution in [1.82, 2.24) is 0 Å². The van der Waals surface area contributed by atoms with Crippen LogP contribution in [0.1, 0.15) is 82.3 Å². The zero-order chi connectivity index (χ0) is 31.0. The Hall–Kier alpha value is -3.24. The molecule has 1 aromatic carbocycles. The molecule has 1 aromatic rings. The number of aliphatic hydroxyl groups excluding tert-OH is 1. The first-order valence-corrected chi connectivity index (χ1v) is 14.0. The summed E-state index contributed by atoms with van der Waals surface area (Å²) in [7, 11) is 0. The lowest BCUT2D eigenvalue weighted by molar-refractivity contribution is -0.240. The van der Waals surface area contributed by atoms with Gasteiger partial charge in [0.1, 0.15) is 17.5 Å². The molecule has 10 nitrogen and oxygen atoms in total. The van der Waals surface area contributed by atoms with Gasteiger partial charge in [-0.1, -0.05) is 53.7 Å². The zero-order valence-corrected chi connectivity index (χ0v) is 24.4. The predicted molar refractivity (Wildman–Crippen MR) is 144 cm³/mol. The van der Waals surface area contributed by atoms with Crippen LogP contribution in [0.25, 0.3) is 0 Å². The number of aromatic hydroxyl groups is 1. The average Bonchev–Trinajstić information content (AvgIpc) is 2.88. The van der Waals surface area contributed by atoms with Crippen molar-refractivity contribution in [2.45, 2.75) is 78.9 Å². The van der Waals surface area contributed by atoms with E-state index in [-0.39, 0.29) is 24.2 Å². The molecular formula is C31H38O10. The number of esters is 1. The molecule has 3 N–H and O–H groups in total. The van der Waals surface area contributed by atoms with Gasteiger partial charge in [-0.3, -0.25) is 28.8 Å². The van der Waals surface area contributed by atoms with Crippen molar-refractivity contribution in [2.75, 3.05) is 6.61 Å². The molecule has 3 unspecified atom stereocenters. The lowest BCUT2D eigenvalue weighted by Crippen LogP contribution is -2.81. The van der Waals surface area contributed by atoms with Crippen LogP contribution in [0, 0.1) is 34.5 Å². The molecule has 0 bridgehead atoms. The number of carbonyl (C=O) groups excluding carboxylic acids is 6. The molecule has 3 aliphatic rings. The van der Waals surface area contributed by atoms with Gasteiger partial charge in [-0.05, 0) is 30.7 Å². The van der Waals surface area contributed by atoms with Crippen molar-refractivity contribution in [3.63, 3.8) is 0 Å². The van der Waals surface area contributed by atoms with Gasteiger partial charge in [-0.25, -0.2) is 0 Å². The SMILES string of the molecule is CCCOC(=O)Cc1ccc2c(c1O)C(=O)C1C(=O)[C@@]3(O)C(=O)C(C(C)=O)C(=O)C(C(C)C)[C@@]3(C)[C@H](O)[C@@]1(C)[C@@H]2C. The van der Waals surface area contributed by atoms with E-state index in [1.807, 2.05) is 6.92 Å². The predicted octanol–water partition coefficient (Wildman–Crippen LogP) is 2.12. The van der Waals surface area contributed by atoms with E-state index >= 15 is 0 Å². The van der Waals surface area contributed by atoms with Crippen LogP contribution in [0.5, 0.6) is 5.75 Å². The molecule has 0 radical (unpaired) electrons. The van der Waals surface area contributed by atoms with Gasteiger partial charge >= 0.3 is 5.97 Å². The van der Waals surface area contributed by atoms with Crippen molar-refractivity contribution in [3.8, 4) is 5.75 Å². The quantitative estimate of drug-likeness (QED) is 0.340. The minimum Gasteiger partial charge on any atom is -0.507 e. The molecule has 0 heterocycles. The van der Waals surface area contributed by atoms with Gasteiger partial charge in [0.05, 0.1) is 30.6 Å². The maximum Gasteiger partial charge on any atom is 0.310 e. The molecule has 2 saturated carbocycles. The highest BCUT2D eigenvalue weighted by Gasteiger charge is 2.80. The van der Waals surface area contributed by atoms with E-state index < -0.39 is 92.8 Å². The molecule has 4 rings (SSSR count). The highest BCUT2D eigenvalue weighted by molar-refractivity contribution is 6.33. The molecule has 0 aliphatic heterocycles. The van der Waals surface area contributed by atoms with Gasteiger partial charge in [-0.15, -0.1) is 0 Å². The van der Waals surface area contributed by atoms with E-state index in [2.05, 4.69) is 0 Å². The Balaban J connectivity index is 1.95. The van der Waals surface area contributed by atoms with Crippen molar-refractivity contribution in [2.24, 2.45) is 34.5 Å². The molecule has 8 atom stereocenters. The number of carbonyl (C=O) groups is 6. The second kappa shape index (κ2) is 9.94. The number of rotatable bonds is 6. The Morgan fingerprint density at radius 3 is 2.22 bits per heavy atom. The summed E-state index contributed by atoms with van der Waals surface area (Å²) in [5, 5.41) is 35.4. The van der Waals surface area contributed by atoms with E-state index in [1.54, 1.807) is 26.8 Å². The Labute approximate surface area is 238 Å². The van der Waals surface area contributed by atoms with Crippen LogP contribution in [-0.4, -0.2) is 68.5 Å². The second-order valence-corrected chi connectivity index (χ2v) is 12.6. The topological polar surface area (TPSA) is 172 Å². The largest absolute Gasteiger partial charge is 0.507 e. The van der Waals surface area contributed by atoms with Crippen LogP contribution in [-0.2, 0) is 35.1 Å². The third-order valence-electron chi connectivity index (χ3n) is 10.1. The number of aliphatic hydroxyl groups is 2. The highest BCUT2D eigenvalue weighted by atomic mass is 16.5. The van der Waals surface area contributed by atoms with Crippen molar-refractivity contribution in [1.29, 1.82) is 0 Å². The van der Waals surface area contributed by atoms with Crippen LogP contribution in [0.3, 0.4) is 0 Å². The minimum atomic E-state index is -3.03. The first-order chi connectivity index (χ1) is 18.9. The lowest BCUT2D eigenvalue weighted by Gasteiger charge is -2.65. The van der Waals surface area contributed by atoms with Gasteiger partial charge < -0.3 is 20.1 Å². The van der Waals surface area contributed by atoms with E-state index in [0.29, 0.717) is 12.0 Å². The van der Waals surface area contributed by atoms with Crippen molar-refractivity contribution >= 4 is 34.9 Å². The number of fused-ring (bicyclic) bond motifs is 3. The van der Waals surface area contributed by atoms with Gasteiger partial charge in [0.25, 0.3) is 0 Å². The molecule has 41 heavy (non-hydrogen) atoms. The van der Waals surface area contributed by atoms with Gasteiger partial charge in [0.15, 0.2) is 28.7 Å². The standard InChI is InChI=1S/C31H38O10/c1-8-11-41-18(33)12-16-9-10-17-14(4)29(6)22(25(36)20(17)23(16)34)27(38)31(40)26(37)19(15(5)32)24(35)21(13(2)3)30(31,7)28(29)39/h9-10,13-14,19,21-22,28,34,39-40H,8,11-12H2,1-7H3/t14-,19?,21?,22?,28-,29+,30+,31+/m1/s1. The zero-order valence-electron chi connectivity index (χ0n) is 24.4. The fourth-order valence-corrected chi connectivity index (χ4v) is 7.96. The summed E-state index contributed by atoms with van der Waals surface area (Å²) in [6, 6.07) is 3.02. The molecule has 0 aromatic heterocycles. The number of benzene rings is 1. The molecule has 3 aliphatic carbocycles. The molecule has 2 fully saturated rings. The summed E-state index contributed by atoms with van der Waals surface area (Å²) < 4.78 is 5.09. The normalized spacial score (nSPS) is 36.5. The van der Waals surface area contributed by atoms with Crippen LogP contribution in [0.2, 0.25) is 0 Å². The van der Waals surface area contributed by atoms with Crippen molar-refractivity contribution in [3.05, 3.63) is 28.8 Å². The smallest absolute Gasteiger partial charge is 0.310 e. The maximum absolute atomic E-state index is 14.4. The Kier molecular flexibility index (Phi) is 7.45. The molecule has 0 amide bonds. The summed E-state index contributed by atoms with van der Waals surface area (Å²) in [6.07, 6.45) is -1.47. The number of Topliss-reactive ketones (excluding diaryl/α,β-unsaturated/α-hetero) is 5. The first kappa shape index (κ1) is 30.7. The van der Waals surface area contributed by atoms with E-state index in [1.165, 1.54) is 19.9 Å². The first-order valence-electron chi connectivity index (χ1n) is 14.0. The number of hydrogen-bond acceptors (Lipinski definition) is 10. The van der Waals surface area contributed by atoms with Crippen LogP contribution in [0.15, 0.2) is 12.1 Å². The maximum atomic E-state index is 14.4. The van der Waals surface area contributed by atoms with Gasteiger partial charge in [-0.2, -0.15) is 0 Å². The van der Waals surface area contributed by atoms with Crippen molar-refractivity contribution < 1.29 is 48.8 Å². The third kappa shape index (κ3) is 3.75. The second-order valence-electron chi connectivity index (χ2n) is 12.6. The Morgan fingerprint density at radius 2 is 1.68 bits per heavy atom. The molecule has 0 saturated heterocycles. The fourth-order valence-electron chi connectivity index (χ4n) is 7.96. The van der Waals surface area contributed by atoms with Crippen LogP contribution >= 0.6 is 0 Å². The number of hydrogen-bond donors (Lipinski definition) is 3. The summed E-state index contributed by atoms with van der Waals surface area (Å²) in [5.74, 6) is -12.6. The number of ether oxygens (including phenoxy) is 1. The minimum absolute atomic E-state index is 0.0946. The van der Waals surface area contributed by atoms with E-state index in [0.717, 1.165) is 6.92 Å². The van der Waals surface area contributed by atoms with Gasteiger partial charge in [0.2, 0.25) is 0 Å². The molecule has 222 valence electrons. The molecular weight excluding hydrogens is 532 g/mol. The molecule has 0 spiro atoms. The van der Waals surface area contributed by atoms with Gasteiger partial charge in [0, 0.05) is 22.3 Å². The fraction of sp³-hybridized carbons (Fsp3) is 0.613. The third-order valence-corrected chi connectivity index (χ3v) is 10.1. The Morgan fingerprint density at radius 1 is 1.07 bits per heavy atom. The summed E-state index contributed by atoms with van der Waals surface area (Å²) in [5.41, 5.74) is -6.52.